The standard InChI is InChI=1S/C14H18N4O2/c1-3-16-10(2)9-17-14(19)12-8-13(20-18-12)11-4-6-15-7-5-11/h4-8,10,16H,3,9H2,1-2H3,(H,17,19)/t10-/m1/s1. The molecule has 1 amide bonds. The first-order chi connectivity index (χ1) is 9.70. The number of nitrogens with one attached hydrogen (secondary N) is 2. The van der Waals surface area contributed by atoms with Gasteiger partial charge in [0.25, 0.3) is 5.91 Å². The highest BCUT2D eigenvalue weighted by molar-refractivity contribution is 5.93. The molecule has 0 bridgehead atoms. The second-order valence-electron chi connectivity index (χ2n) is 4.48. The van der Waals surface area contributed by atoms with Crippen LogP contribution in [0.25, 0.3) is 11.3 Å². The van der Waals surface area contributed by atoms with E-state index < -0.39 is 0 Å². The van der Waals surface area contributed by atoms with Crippen molar-refractivity contribution in [2.75, 3.05) is 13.1 Å². The van der Waals surface area contributed by atoms with Gasteiger partial charge in [-0.1, -0.05) is 12.1 Å². The summed E-state index contributed by atoms with van der Waals surface area (Å²) in [7, 11) is 0. The van der Waals surface area contributed by atoms with E-state index in [-0.39, 0.29) is 17.6 Å². The van der Waals surface area contributed by atoms with Crippen LogP contribution in [0.5, 0.6) is 0 Å². The van der Waals surface area contributed by atoms with Gasteiger partial charge in [-0.2, -0.15) is 0 Å². The van der Waals surface area contributed by atoms with E-state index in [2.05, 4.69) is 20.8 Å². The number of nitrogens with zero attached hydrogens (tertiary/aromatic N) is 2. The van der Waals surface area contributed by atoms with Crippen LogP contribution >= 0.6 is 0 Å². The monoisotopic (exact) mass is 274 g/mol. The van der Waals surface area contributed by atoms with Crippen molar-refractivity contribution in [3.05, 3.63) is 36.3 Å². The molecule has 0 aliphatic carbocycles. The molecule has 0 radical (unpaired) electrons. The third-order valence-corrected chi connectivity index (χ3v) is 2.83. The molecule has 0 unspecified atom stereocenters. The summed E-state index contributed by atoms with van der Waals surface area (Å²) in [4.78, 5) is 15.9. The van der Waals surface area contributed by atoms with Crippen LogP contribution in [0.15, 0.2) is 35.1 Å². The quantitative estimate of drug-likeness (QED) is 0.833. The number of aromatic nitrogens is 2. The maximum atomic E-state index is 11.9. The summed E-state index contributed by atoms with van der Waals surface area (Å²) in [5.74, 6) is 0.316. The third kappa shape index (κ3) is 3.64. The number of carbonyl (C=O) groups is 1. The van der Waals surface area contributed by atoms with E-state index in [9.17, 15) is 4.79 Å². The maximum absolute atomic E-state index is 11.9. The van der Waals surface area contributed by atoms with Gasteiger partial charge in [0.15, 0.2) is 11.5 Å². The Hall–Kier alpha value is -2.21. The molecule has 2 rings (SSSR count). The SMILES string of the molecule is CCN[C@H](C)CNC(=O)c1cc(-c2ccncc2)on1. The molecule has 6 nitrogen and oxygen atoms in total. The average Bonchev–Trinajstić information content (AvgIpc) is 2.96. The molecule has 20 heavy (non-hydrogen) atoms. The van der Waals surface area contributed by atoms with Gasteiger partial charge in [0, 0.05) is 36.6 Å². The van der Waals surface area contributed by atoms with E-state index >= 15 is 0 Å². The number of rotatable bonds is 6. The molecular weight excluding hydrogens is 256 g/mol. The van der Waals surface area contributed by atoms with Gasteiger partial charge in [-0.25, -0.2) is 0 Å². The Bertz CT molecular complexity index is 553. The minimum atomic E-state index is -0.237. The lowest BCUT2D eigenvalue weighted by atomic mass is 10.2. The van der Waals surface area contributed by atoms with Crippen LogP contribution in [0.2, 0.25) is 0 Å². The predicted octanol–water partition coefficient (Wildman–Crippen LogP) is 1.46. The zero-order valence-corrected chi connectivity index (χ0v) is 11.6. The summed E-state index contributed by atoms with van der Waals surface area (Å²) in [5.41, 5.74) is 1.12. The second kappa shape index (κ2) is 6.81. The summed E-state index contributed by atoms with van der Waals surface area (Å²) in [6, 6.07) is 5.45. The molecule has 0 aliphatic rings. The maximum Gasteiger partial charge on any atom is 0.273 e. The Morgan fingerprint density at radius 1 is 1.40 bits per heavy atom. The van der Waals surface area contributed by atoms with E-state index in [1.807, 2.05) is 13.8 Å². The minimum absolute atomic E-state index is 0.218. The first-order valence-corrected chi connectivity index (χ1v) is 6.59. The van der Waals surface area contributed by atoms with Crippen molar-refractivity contribution < 1.29 is 9.32 Å². The van der Waals surface area contributed by atoms with Crippen molar-refractivity contribution >= 4 is 5.91 Å². The zero-order chi connectivity index (χ0) is 14.4. The third-order valence-electron chi connectivity index (χ3n) is 2.83. The predicted molar refractivity (Wildman–Crippen MR) is 75.2 cm³/mol. The fourth-order valence-electron chi connectivity index (χ4n) is 1.79. The molecule has 1 atom stereocenters. The molecule has 0 saturated heterocycles. The number of carbonyl (C=O) groups excluding carboxylic acids is 1. The van der Waals surface area contributed by atoms with Crippen molar-refractivity contribution in [2.45, 2.75) is 19.9 Å². The van der Waals surface area contributed by atoms with Gasteiger partial charge >= 0.3 is 0 Å². The summed E-state index contributed by atoms with van der Waals surface area (Å²) in [6.07, 6.45) is 3.32. The van der Waals surface area contributed by atoms with Crippen LogP contribution in [0.1, 0.15) is 24.3 Å². The molecule has 0 aromatic carbocycles. The molecule has 106 valence electrons. The van der Waals surface area contributed by atoms with Crippen LogP contribution in [-0.2, 0) is 0 Å². The van der Waals surface area contributed by atoms with Gasteiger partial charge in [0.1, 0.15) is 0 Å². The number of hydrogen-bond acceptors (Lipinski definition) is 5. The van der Waals surface area contributed by atoms with Crippen molar-refractivity contribution in [1.82, 2.24) is 20.8 Å². The molecule has 2 N–H and O–H groups in total. The Kier molecular flexibility index (Phi) is 4.84. The smallest absolute Gasteiger partial charge is 0.273 e. The van der Waals surface area contributed by atoms with Gasteiger partial charge < -0.3 is 15.2 Å². The molecule has 6 heteroatoms. The fourth-order valence-corrected chi connectivity index (χ4v) is 1.79. The van der Waals surface area contributed by atoms with Crippen LogP contribution in [0.4, 0.5) is 0 Å². The zero-order valence-electron chi connectivity index (χ0n) is 11.6. The Balaban J connectivity index is 1.97. The van der Waals surface area contributed by atoms with Crippen LogP contribution in [0.3, 0.4) is 0 Å². The first kappa shape index (κ1) is 14.2. The molecule has 2 aromatic rings. The summed E-state index contributed by atoms with van der Waals surface area (Å²) < 4.78 is 5.17. The van der Waals surface area contributed by atoms with Crippen molar-refractivity contribution in [1.29, 1.82) is 0 Å². The highest BCUT2D eigenvalue weighted by Gasteiger charge is 2.14. The number of hydrogen-bond donors (Lipinski definition) is 2. The second-order valence-corrected chi connectivity index (χ2v) is 4.48. The number of likely N-dealkylation sites (N-methyl/N-ethyl adjacent to an activating group) is 1. The summed E-state index contributed by atoms with van der Waals surface area (Å²) in [6.45, 7) is 5.45. The first-order valence-electron chi connectivity index (χ1n) is 6.59. The highest BCUT2D eigenvalue weighted by atomic mass is 16.5. The largest absolute Gasteiger partial charge is 0.355 e. The van der Waals surface area contributed by atoms with Gasteiger partial charge in [0.05, 0.1) is 0 Å². The lowest BCUT2D eigenvalue weighted by molar-refractivity contribution is 0.0941. The minimum Gasteiger partial charge on any atom is -0.355 e. The van der Waals surface area contributed by atoms with E-state index in [4.69, 9.17) is 4.52 Å². The van der Waals surface area contributed by atoms with E-state index in [1.165, 1.54) is 0 Å². The molecule has 0 aliphatic heterocycles. The van der Waals surface area contributed by atoms with Crippen LogP contribution < -0.4 is 10.6 Å². The lowest BCUT2D eigenvalue weighted by Gasteiger charge is -2.12. The van der Waals surface area contributed by atoms with Gasteiger partial charge in [0.2, 0.25) is 0 Å². The van der Waals surface area contributed by atoms with E-state index in [0.717, 1.165) is 12.1 Å². The average molecular weight is 274 g/mol. The molecule has 2 heterocycles. The summed E-state index contributed by atoms with van der Waals surface area (Å²) in [5, 5.41) is 9.82. The highest BCUT2D eigenvalue weighted by Crippen LogP contribution is 2.18. The topological polar surface area (TPSA) is 80.0 Å². The van der Waals surface area contributed by atoms with Gasteiger partial charge in [-0.05, 0) is 25.6 Å². The molecule has 0 saturated carbocycles. The van der Waals surface area contributed by atoms with Crippen molar-refractivity contribution in [2.24, 2.45) is 0 Å². The number of amides is 1. The van der Waals surface area contributed by atoms with E-state index in [0.29, 0.717) is 12.3 Å². The van der Waals surface area contributed by atoms with Crippen LogP contribution in [-0.4, -0.2) is 35.2 Å². The van der Waals surface area contributed by atoms with Crippen molar-refractivity contribution in [3.63, 3.8) is 0 Å². The van der Waals surface area contributed by atoms with Gasteiger partial charge in [-0.3, -0.25) is 9.78 Å². The van der Waals surface area contributed by atoms with Crippen molar-refractivity contribution in [3.8, 4) is 11.3 Å². The molecule has 0 fully saturated rings. The molecule has 2 aromatic heterocycles. The normalized spacial score (nSPS) is 12.1. The molecule has 0 spiro atoms. The lowest BCUT2D eigenvalue weighted by Crippen LogP contribution is -2.38. The number of pyridine rings is 1. The van der Waals surface area contributed by atoms with Gasteiger partial charge in [-0.15, -0.1) is 0 Å². The Morgan fingerprint density at radius 3 is 2.85 bits per heavy atom. The van der Waals surface area contributed by atoms with E-state index in [1.54, 1.807) is 30.6 Å². The summed E-state index contributed by atoms with van der Waals surface area (Å²) >= 11 is 0. The fraction of sp³-hybridized carbons (Fsp3) is 0.357. The van der Waals surface area contributed by atoms with Crippen LogP contribution in [0, 0.1) is 0 Å². The Morgan fingerprint density at radius 2 is 2.15 bits per heavy atom. The Labute approximate surface area is 117 Å². The molecular formula is C14H18N4O2.